The molecule has 1 fully saturated rings. The Labute approximate surface area is 113 Å². The van der Waals surface area contributed by atoms with E-state index >= 15 is 0 Å². The first kappa shape index (κ1) is 13.9. The minimum Gasteiger partial charge on any atom is -0.316 e. The highest BCUT2D eigenvalue weighted by Crippen LogP contribution is 2.27. The third-order valence-corrected chi connectivity index (χ3v) is 5.07. The van der Waals surface area contributed by atoms with Crippen LogP contribution in [0, 0.1) is 5.92 Å². The molecule has 0 saturated heterocycles. The lowest BCUT2D eigenvalue weighted by atomic mass is 10.4. The zero-order valence-corrected chi connectivity index (χ0v) is 12.2. The van der Waals surface area contributed by atoms with E-state index < -0.39 is 9.84 Å². The summed E-state index contributed by atoms with van der Waals surface area (Å²) >= 11 is 1.75. The molecule has 3 nitrogen and oxygen atoms in total. The van der Waals surface area contributed by atoms with E-state index in [1.165, 1.54) is 19.1 Å². The van der Waals surface area contributed by atoms with Gasteiger partial charge in [0.15, 0.2) is 9.84 Å². The number of thioether (sulfide) groups is 1. The number of hydrogen-bond donors (Lipinski definition) is 1. The van der Waals surface area contributed by atoms with Crippen molar-refractivity contribution in [2.45, 2.75) is 22.6 Å². The number of benzene rings is 1. The van der Waals surface area contributed by atoms with Crippen LogP contribution in [0.5, 0.6) is 0 Å². The van der Waals surface area contributed by atoms with E-state index in [0.717, 1.165) is 29.7 Å². The van der Waals surface area contributed by atoms with Gasteiger partial charge in [-0.05, 0) is 49.6 Å². The molecule has 0 radical (unpaired) electrons. The second-order valence-electron chi connectivity index (χ2n) is 4.74. The second-order valence-corrected chi connectivity index (χ2v) is 7.92. The molecule has 5 heteroatoms. The molecule has 0 amide bonds. The SMILES string of the molecule is CS(=O)(=O)c1ccc(SCCNCC2CC2)cc1. The molecule has 1 aliphatic carbocycles. The lowest BCUT2D eigenvalue weighted by Crippen LogP contribution is -2.19. The van der Waals surface area contributed by atoms with Gasteiger partial charge in [0.05, 0.1) is 4.90 Å². The maximum atomic E-state index is 11.3. The Bertz CT molecular complexity index is 478. The van der Waals surface area contributed by atoms with Crippen LogP contribution in [-0.4, -0.2) is 33.5 Å². The molecule has 0 atom stereocenters. The highest BCUT2D eigenvalue weighted by molar-refractivity contribution is 7.99. The summed E-state index contributed by atoms with van der Waals surface area (Å²) in [7, 11) is -3.07. The largest absolute Gasteiger partial charge is 0.316 e. The normalized spacial score (nSPS) is 15.8. The number of sulfone groups is 1. The molecule has 1 N–H and O–H groups in total. The number of rotatable bonds is 7. The predicted octanol–water partition coefficient (Wildman–Crippen LogP) is 2.18. The van der Waals surface area contributed by atoms with Crippen molar-refractivity contribution in [3.63, 3.8) is 0 Å². The van der Waals surface area contributed by atoms with Crippen molar-refractivity contribution in [1.29, 1.82) is 0 Å². The molecular formula is C13H19NO2S2. The van der Waals surface area contributed by atoms with Crippen LogP contribution >= 0.6 is 11.8 Å². The Morgan fingerprint density at radius 2 is 1.94 bits per heavy atom. The topological polar surface area (TPSA) is 46.2 Å². The summed E-state index contributed by atoms with van der Waals surface area (Å²) in [6.45, 7) is 2.16. The van der Waals surface area contributed by atoms with Gasteiger partial charge in [0.2, 0.25) is 0 Å². The van der Waals surface area contributed by atoms with Crippen LogP contribution in [0.1, 0.15) is 12.8 Å². The molecule has 0 bridgehead atoms. The van der Waals surface area contributed by atoms with E-state index in [2.05, 4.69) is 5.32 Å². The zero-order valence-electron chi connectivity index (χ0n) is 10.6. The van der Waals surface area contributed by atoms with Crippen LogP contribution in [0.2, 0.25) is 0 Å². The maximum absolute atomic E-state index is 11.3. The van der Waals surface area contributed by atoms with Gasteiger partial charge in [0.1, 0.15) is 0 Å². The molecule has 0 spiro atoms. The van der Waals surface area contributed by atoms with Crippen molar-refractivity contribution < 1.29 is 8.42 Å². The highest BCUT2D eigenvalue weighted by atomic mass is 32.2. The van der Waals surface area contributed by atoms with Gasteiger partial charge in [-0.3, -0.25) is 0 Å². The van der Waals surface area contributed by atoms with Gasteiger partial charge in [-0.25, -0.2) is 8.42 Å². The van der Waals surface area contributed by atoms with Crippen molar-refractivity contribution in [2.75, 3.05) is 25.1 Å². The summed E-state index contributed by atoms with van der Waals surface area (Å²) in [5, 5.41) is 3.44. The first-order valence-electron chi connectivity index (χ1n) is 6.19. The quantitative estimate of drug-likeness (QED) is 0.616. The molecule has 0 heterocycles. The Morgan fingerprint density at radius 1 is 1.28 bits per heavy atom. The standard InChI is InChI=1S/C13H19NO2S2/c1-18(15,16)13-6-4-12(5-7-13)17-9-8-14-10-11-2-3-11/h4-7,11,14H,2-3,8-10H2,1H3. The average Bonchev–Trinajstić information content (AvgIpc) is 3.12. The third-order valence-electron chi connectivity index (χ3n) is 2.93. The molecule has 100 valence electrons. The summed E-state index contributed by atoms with van der Waals surface area (Å²) in [6.07, 6.45) is 4.00. The average molecular weight is 285 g/mol. The smallest absolute Gasteiger partial charge is 0.175 e. The van der Waals surface area contributed by atoms with E-state index in [-0.39, 0.29) is 0 Å². The van der Waals surface area contributed by atoms with E-state index in [4.69, 9.17) is 0 Å². The molecule has 1 aliphatic rings. The van der Waals surface area contributed by atoms with Gasteiger partial charge in [-0.1, -0.05) is 0 Å². The zero-order chi connectivity index (χ0) is 13.0. The lowest BCUT2D eigenvalue weighted by Gasteiger charge is -2.04. The van der Waals surface area contributed by atoms with Gasteiger partial charge in [0, 0.05) is 23.4 Å². The Morgan fingerprint density at radius 3 is 2.50 bits per heavy atom. The summed E-state index contributed by atoms with van der Waals surface area (Å²) in [5.41, 5.74) is 0. The molecule has 1 aromatic carbocycles. The predicted molar refractivity (Wildman–Crippen MR) is 75.9 cm³/mol. The minimum atomic E-state index is -3.07. The molecule has 0 aliphatic heterocycles. The van der Waals surface area contributed by atoms with E-state index in [0.29, 0.717) is 4.90 Å². The summed E-state index contributed by atoms with van der Waals surface area (Å²) in [4.78, 5) is 1.51. The maximum Gasteiger partial charge on any atom is 0.175 e. The lowest BCUT2D eigenvalue weighted by molar-refractivity contribution is 0.602. The van der Waals surface area contributed by atoms with E-state index in [1.54, 1.807) is 23.9 Å². The fourth-order valence-electron chi connectivity index (χ4n) is 1.65. The van der Waals surface area contributed by atoms with Crippen molar-refractivity contribution in [3.8, 4) is 0 Å². The minimum absolute atomic E-state index is 0.388. The second kappa shape index (κ2) is 6.08. The molecular weight excluding hydrogens is 266 g/mol. The molecule has 0 unspecified atom stereocenters. The van der Waals surface area contributed by atoms with Crippen LogP contribution in [0.3, 0.4) is 0 Å². The van der Waals surface area contributed by atoms with Gasteiger partial charge >= 0.3 is 0 Å². The third kappa shape index (κ3) is 4.63. The summed E-state index contributed by atoms with van der Waals surface area (Å²) < 4.78 is 22.6. The van der Waals surface area contributed by atoms with Gasteiger partial charge < -0.3 is 5.32 Å². The molecule has 1 aromatic rings. The van der Waals surface area contributed by atoms with Crippen LogP contribution in [0.4, 0.5) is 0 Å². The highest BCUT2D eigenvalue weighted by Gasteiger charge is 2.19. The molecule has 18 heavy (non-hydrogen) atoms. The van der Waals surface area contributed by atoms with Crippen molar-refractivity contribution in [2.24, 2.45) is 5.92 Å². The Kier molecular flexibility index (Phi) is 4.70. The number of nitrogens with one attached hydrogen (secondary N) is 1. The van der Waals surface area contributed by atoms with Crippen LogP contribution < -0.4 is 5.32 Å². The van der Waals surface area contributed by atoms with Gasteiger partial charge in [-0.2, -0.15) is 0 Å². The van der Waals surface area contributed by atoms with Crippen LogP contribution in [-0.2, 0) is 9.84 Å². The fourth-order valence-corrected chi connectivity index (χ4v) is 3.09. The van der Waals surface area contributed by atoms with Gasteiger partial charge in [-0.15, -0.1) is 11.8 Å². The van der Waals surface area contributed by atoms with E-state index in [9.17, 15) is 8.42 Å². The monoisotopic (exact) mass is 285 g/mol. The molecule has 1 saturated carbocycles. The molecule has 0 aromatic heterocycles. The first-order valence-corrected chi connectivity index (χ1v) is 9.07. The number of hydrogen-bond acceptors (Lipinski definition) is 4. The first-order chi connectivity index (χ1) is 8.55. The van der Waals surface area contributed by atoms with Crippen LogP contribution in [0.25, 0.3) is 0 Å². The Hall–Kier alpha value is -0.520. The fraction of sp³-hybridized carbons (Fsp3) is 0.538. The van der Waals surface area contributed by atoms with Crippen LogP contribution in [0.15, 0.2) is 34.1 Å². The molecule has 2 rings (SSSR count). The Balaban J connectivity index is 1.72. The van der Waals surface area contributed by atoms with Gasteiger partial charge in [0.25, 0.3) is 0 Å². The van der Waals surface area contributed by atoms with Crippen molar-refractivity contribution in [1.82, 2.24) is 5.32 Å². The summed E-state index contributed by atoms with van der Waals surface area (Å²) in [5.74, 6) is 1.94. The van der Waals surface area contributed by atoms with Crippen molar-refractivity contribution >= 4 is 21.6 Å². The summed E-state index contributed by atoms with van der Waals surface area (Å²) in [6, 6.07) is 7.11. The van der Waals surface area contributed by atoms with E-state index in [1.807, 2.05) is 12.1 Å². The van der Waals surface area contributed by atoms with Crippen molar-refractivity contribution in [3.05, 3.63) is 24.3 Å².